The van der Waals surface area contributed by atoms with Gasteiger partial charge in [-0.3, -0.25) is 4.79 Å². The fourth-order valence-corrected chi connectivity index (χ4v) is 6.24. The number of nitrogens with zero attached hydrogens (tertiary/aromatic N) is 4. The number of hydrogen-bond donors (Lipinski definition) is 3. The van der Waals surface area contributed by atoms with Crippen molar-refractivity contribution in [2.45, 2.75) is 37.1 Å². The van der Waals surface area contributed by atoms with Gasteiger partial charge in [0.1, 0.15) is 52.0 Å². The summed E-state index contributed by atoms with van der Waals surface area (Å²) in [5, 5.41) is 36.3. The highest BCUT2D eigenvalue weighted by atomic mass is 35.5. The predicted molar refractivity (Wildman–Crippen MR) is 170 cm³/mol. The van der Waals surface area contributed by atoms with Crippen LogP contribution in [0.25, 0.3) is 21.7 Å². The van der Waals surface area contributed by atoms with Gasteiger partial charge < -0.3 is 20.9 Å². The van der Waals surface area contributed by atoms with E-state index in [4.69, 9.17) is 27.1 Å². The van der Waals surface area contributed by atoms with Crippen molar-refractivity contribution in [3.8, 4) is 39.6 Å². The molecule has 0 saturated heterocycles. The Labute approximate surface area is 263 Å². The number of aromatic nitrogens is 2. The summed E-state index contributed by atoms with van der Waals surface area (Å²) in [6.07, 6.45) is 0.524. The minimum atomic E-state index is -0.886. The summed E-state index contributed by atoms with van der Waals surface area (Å²) >= 11 is 8.84. The first-order chi connectivity index (χ1) is 20.7. The molecule has 0 saturated carbocycles. The highest BCUT2D eigenvalue weighted by Gasteiger charge is 2.21. The van der Waals surface area contributed by atoms with Crippen LogP contribution in [0.3, 0.4) is 0 Å². The Kier molecular flexibility index (Phi) is 11.0. The number of thioether (sulfide) groups is 1. The van der Waals surface area contributed by atoms with Gasteiger partial charge in [-0.2, -0.15) is 10.5 Å². The van der Waals surface area contributed by atoms with E-state index >= 15 is 0 Å². The average molecular weight is 633 g/mol. The minimum absolute atomic E-state index is 0.0416. The largest absolute Gasteiger partial charge is 0.492 e. The zero-order valence-electron chi connectivity index (χ0n) is 23.5. The molecule has 1 atom stereocenters. The van der Waals surface area contributed by atoms with E-state index < -0.39 is 12.0 Å². The van der Waals surface area contributed by atoms with Gasteiger partial charge in [-0.05, 0) is 42.2 Å². The standard InChI is InChI=1S/C31H29ClN6O3S2/c1-18(2)13-26(31(39)40)36-11-12-41-23-9-5-19(6-10-23)27-24(14-33)28(35)38-30(25(27)15-34)43-17-22-16-42-29(37-22)20-3-7-21(32)8-4-20/h3-10,16,18,26,36H,11-13,17H2,1-2H3,(H2,35,38)(H,39,40)/t26-/m0/s1. The molecule has 43 heavy (non-hydrogen) atoms. The zero-order chi connectivity index (χ0) is 30.9. The molecule has 2 aromatic carbocycles. The van der Waals surface area contributed by atoms with Crippen LogP contribution < -0.4 is 15.8 Å². The molecule has 0 spiro atoms. The fraction of sp³-hybridized carbons (Fsp3) is 0.258. The molecular formula is C31H29ClN6O3S2. The number of pyridine rings is 1. The number of carbonyl (C=O) groups is 1. The first-order valence-corrected chi connectivity index (χ1v) is 15.6. The van der Waals surface area contributed by atoms with E-state index in [2.05, 4.69) is 22.4 Å². The topological polar surface area (TPSA) is 158 Å². The number of anilines is 1. The second-order valence-electron chi connectivity index (χ2n) is 9.94. The number of nitrogens with two attached hydrogens (primary N) is 1. The van der Waals surface area contributed by atoms with Gasteiger partial charge in [-0.25, -0.2) is 9.97 Å². The minimum Gasteiger partial charge on any atom is -0.492 e. The number of ether oxygens (including phenoxy) is 1. The molecule has 0 fully saturated rings. The number of carboxylic acid groups (broad SMARTS) is 1. The van der Waals surface area contributed by atoms with Crippen LogP contribution in [0.1, 0.15) is 37.1 Å². The lowest BCUT2D eigenvalue weighted by atomic mass is 9.97. The van der Waals surface area contributed by atoms with Gasteiger partial charge in [0.05, 0.1) is 11.3 Å². The third kappa shape index (κ3) is 8.25. The van der Waals surface area contributed by atoms with Gasteiger partial charge in [0.25, 0.3) is 0 Å². The molecule has 0 aliphatic heterocycles. The summed E-state index contributed by atoms with van der Waals surface area (Å²) < 4.78 is 5.78. The molecule has 0 bridgehead atoms. The SMILES string of the molecule is CC(C)C[C@H](NCCOc1ccc(-c2c(C#N)c(N)nc(SCc3csc(-c4ccc(Cl)cc4)n3)c2C#N)cc1)C(=O)O. The first-order valence-electron chi connectivity index (χ1n) is 13.4. The molecule has 0 aliphatic carbocycles. The third-order valence-electron chi connectivity index (χ3n) is 6.33. The van der Waals surface area contributed by atoms with E-state index in [0.29, 0.717) is 45.6 Å². The molecule has 0 amide bonds. The molecule has 4 N–H and O–H groups in total. The van der Waals surface area contributed by atoms with Gasteiger partial charge in [0.15, 0.2) is 0 Å². The summed E-state index contributed by atoms with van der Waals surface area (Å²) in [7, 11) is 0. The Balaban J connectivity index is 1.48. The van der Waals surface area contributed by atoms with Gasteiger partial charge in [0.2, 0.25) is 0 Å². The van der Waals surface area contributed by atoms with E-state index in [0.717, 1.165) is 16.3 Å². The summed E-state index contributed by atoms with van der Waals surface area (Å²) in [5.74, 6) is 0.426. The number of thiazole rings is 1. The van der Waals surface area contributed by atoms with E-state index in [-0.39, 0.29) is 29.5 Å². The van der Waals surface area contributed by atoms with Crippen LogP contribution in [0.2, 0.25) is 5.02 Å². The van der Waals surface area contributed by atoms with Crippen molar-refractivity contribution in [2.75, 3.05) is 18.9 Å². The highest BCUT2D eigenvalue weighted by molar-refractivity contribution is 7.98. The van der Waals surface area contributed by atoms with Crippen LogP contribution in [0, 0.1) is 28.6 Å². The Morgan fingerprint density at radius 1 is 1.09 bits per heavy atom. The van der Waals surface area contributed by atoms with Crippen molar-refractivity contribution < 1.29 is 14.6 Å². The van der Waals surface area contributed by atoms with Crippen LogP contribution in [-0.2, 0) is 10.5 Å². The number of nitriles is 2. The fourth-order valence-electron chi connectivity index (χ4n) is 4.29. The Bertz CT molecular complexity index is 1660. The molecule has 0 aliphatic rings. The lowest BCUT2D eigenvalue weighted by molar-refractivity contribution is -0.139. The number of rotatable bonds is 13. The Hall–Kier alpha value is -4.13. The second-order valence-corrected chi connectivity index (χ2v) is 12.2. The average Bonchev–Trinajstić information content (AvgIpc) is 3.46. The van der Waals surface area contributed by atoms with Gasteiger partial charge in [-0.15, -0.1) is 11.3 Å². The lowest BCUT2D eigenvalue weighted by Crippen LogP contribution is -2.39. The van der Waals surface area contributed by atoms with Crippen molar-refractivity contribution in [1.82, 2.24) is 15.3 Å². The maximum atomic E-state index is 11.4. The number of aliphatic carboxylic acids is 1. The quantitative estimate of drug-likeness (QED) is 0.108. The summed E-state index contributed by atoms with van der Waals surface area (Å²) in [5.41, 5.74) is 9.39. The summed E-state index contributed by atoms with van der Waals surface area (Å²) in [6.45, 7) is 4.59. The Morgan fingerprint density at radius 2 is 1.77 bits per heavy atom. The molecule has 4 rings (SSSR count). The monoisotopic (exact) mass is 632 g/mol. The second kappa shape index (κ2) is 14.9. The zero-order valence-corrected chi connectivity index (χ0v) is 25.9. The molecule has 9 nitrogen and oxygen atoms in total. The highest BCUT2D eigenvalue weighted by Crippen LogP contribution is 2.37. The van der Waals surface area contributed by atoms with E-state index in [1.165, 1.54) is 23.1 Å². The van der Waals surface area contributed by atoms with Crippen LogP contribution in [-0.4, -0.2) is 40.2 Å². The summed E-state index contributed by atoms with van der Waals surface area (Å²) in [6, 6.07) is 18.1. The van der Waals surface area contributed by atoms with Gasteiger partial charge >= 0.3 is 5.97 Å². The Morgan fingerprint density at radius 3 is 2.40 bits per heavy atom. The molecule has 2 heterocycles. The van der Waals surface area contributed by atoms with E-state index in [9.17, 15) is 20.4 Å². The van der Waals surface area contributed by atoms with Crippen LogP contribution in [0.4, 0.5) is 5.82 Å². The summed E-state index contributed by atoms with van der Waals surface area (Å²) in [4.78, 5) is 20.5. The first kappa shape index (κ1) is 31.8. The number of halogens is 1. The predicted octanol–water partition coefficient (Wildman–Crippen LogP) is 6.61. The maximum absolute atomic E-state index is 11.4. The van der Waals surface area contributed by atoms with E-state index in [1.807, 2.05) is 43.5 Å². The molecule has 4 aromatic rings. The van der Waals surface area contributed by atoms with Crippen molar-refractivity contribution in [3.05, 3.63) is 75.8 Å². The molecule has 0 radical (unpaired) electrons. The number of benzene rings is 2. The number of nitrogens with one attached hydrogen (secondary N) is 1. The molecular weight excluding hydrogens is 604 g/mol. The number of hydrogen-bond acceptors (Lipinski definition) is 10. The normalized spacial score (nSPS) is 11.6. The van der Waals surface area contributed by atoms with Gasteiger partial charge in [-0.1, -0.05) is 61.5 Å². The van der Waals surface area contributed by atoms with Crippen LogP contribution in [0.5, 0.6) is 5.75 Å². The van der Waals surface area contributed by atoms with Crippen molar-refractivity contribution in [3.63, 3.8) is 0 Å². The molecule has 12 heteroatoms. The van der Waals surface area contributed by atoms with E-state index in [1.54, 1.807) is 24.3 Å². The number of nitrogen functional groups attached to an aromatic ring is 1. The van der Waals surface area contributed by atoms with Gasteiger partial charge in [0, 0.05) is 33.8 Å². The van der Waals surface area contributed by atoms with Crippen LogP contribution >= 0.6 is 34.7 Å². The lowest BCUT2D eigenvalue weighted by Gasteiger charge is -2.17. The van der Waals surface area contributed by atoms with Crippen molar-refractivity contribution in [1.29, 1.82) is 10.5 Å². The molecule has 2 aromatic heterocycles. The molecule has 220 valence electrons. The maximum Gasteiger partial charge on any atom is 0.320 e. The number of carboxylic acids is 1. The van der Waals surface area contributed by atoms with Crippen molar-refractivity contribution >= 4 is 46.5 Å². The molecule has 0 unspecified atom stereocenters. The van der Waals surface area contributed by atoms with Crippen molar-refractivity contribution in [2.24, 2.45) is 5.92 Å². The third-order valence-corrected chi connectivity index (χ3v) is 8.53. The van der Waals surface area contributed by atoms with Crippen LogP contribution in [0.15, 0.2) is 58.9 Å². The smallest absolute Gasteiger partial charge is 0.320 e.